The summed E-state index contributed by atoms with van der Waals surface area (Å²) in [4.78, 5) is 13.1. The van der Waals surface area contributed by atoms with E-state index in [9.17, 15) is 14.3 Å². The third-order valence-corrected chi connectivity index (χ3v) is 3.45. The molecule has 1 atom stereocenters. The van der Waals surface area contributed by atoms with Crippen LogP contribution >= 0.6 is 0 Å². The van der Waals surface area contributed by atoms with Gasteiger partial charge in [-0.3, -0.25) is 4.79 Å². The van der Waals surface area contributed by atoms with Gasteiger partial charge in [0.1, 0.15) is 11.4 Å². The highest BCUT2D eigenvalue weighted by Gasteiger charge is 2.32. The molecule has 1 unspecified atom stereocenters. The molecule has 0 spiro atoms. The van der Waals surface area contributed by atoms with E-state index < -0.39 is 11.5 Å². The molecule has 112 valence electrons. The Labute approximate surface area is 119 Å². The lowest BCUT2D eigenvalue weighted by atomic mass is 9.97. The Kier molecular flexibility index (Phi) is 5.95. The van der Waals surface area contributed by atoms with E-state index >= 15 is 0 Å². The van der Waals surface area contributed by atoms with Crippen molar-refractivity contribution in [3.05, 3.63) is 30.1 Å². The fourth-order valence-corrected chi connectivity index (χ4v) is 1.94. The summed E-state index contributed by atoms with van der Waals surface area (Å²) in [7, 11) is 1.76. The van der Waals surface area contributed by atoms with Crippen LogP contribution in [0.5, 0.6) is 0 Å². The van der Waals surface area contributed by atoms with Crippen LogP contribution in [0.15, 0.2) is 24.3 Å². The van der Waals surface area contributed by atoms with Crippen LogP contribution < -0.4 is 10.2 Å². The van der Waals surface area contributed by atoms with E-state index in [0.717, 1.165) is 6.42 Å². The largest absolute Gasteiger partial charge is 0.480 e. The molecule has 0 aliphatic heterocycles. The number of nitrogens with zero attached hydrogens (tertiary/aromatic N) is 1. The van der Waals surface area contributed by atoms with Crippen LogP contribution in [0.2, 0.25) is 0 Å². The molecule has 5 heteroatoms. The molecular formula is C15H23FN2O2. The van der Waals surface area contributed by atoms with Gasteiger partial charge in [-0.05, 0) is 38.4 Å². The molecule has 0 aliphatic carbocycles. The summed E-state index contributed by atoms with van der Waals surface area (Å²) < 4.78 is 13.6. The van der Waals surface area contributed by atoms with Crippen molar-refractivity contribution in [1.82, 2.24) is 5.32 Å². The van der Waals surface area contributed by atoms with E-state index in [1.165, 1.54) is 6.07 Å². The average Bonchev–Trinajstić information content (AvgIpc) is 2.43. The smallest absolute Gasteiger partial charge is 0.323 e. The predicted molar refractivity (Wildman–Crippen MR) is 78.6 cm³/mol. The minimum Gasteiger partial charge on any atom is -0.480 e. The minimum atomic E-state index is -0.991. The van der Waals surface area contributed by atoms with Crippen LogP contribution in [-0.4, -0.2) is 36.8 Å². The van der Waals surface area contributed by atoms with Crippen molar-refractivity contribution >= 4 is 11.7 Å². The third-order valence-electron chi connectivity index (χ3n) is 3.45. The van der Waals surface area contributed by atoms with Crippen molar-refractivity contribution in [2.45, 2.75) is 32.2 Å². The third kappa shape index (κ3) is 4.20. The summed E-state index contributed by atoms with van der Waals surface area (Å²) in [6.45, 7) is 4.76. The molecule has 0 heterocycles. The fourth-order valence-electron chi connectivity index (χ4n) is 1.94. The summed E-state index contributed by atoms with van der Waals surface area (Å²) in [5.74, 6) is -1.18. The van der Waals surface area contributed by atoms with E-state index in [1.807, 2.05) is 6.92 Å². The lowest BCUT2D eigenvalue weighted by Crippen LogP contribution is -2.51. The molecule has 1 aromatic carbocycles. The fraction of sp³-hybridized carbons (Fsp3) is 0.533. The normalized spacial score (nSPS) is 13.8. The van der Waals surface area contributed by atoms with Crippen molar-refractivity contribution in [2.24, 2.45) is 0 Å². The first-order valence-electron chi connectivity index (χ1n) is 6.85. The zero-order valence-corrected chi connectivity index (χ0v) is 12.3. The van der Waals surface area contributed by atoms with E-state index in [4.69, 9.17) is 0 Å². The van der Waals surface area contributed by atoms with E-state index in [1.54, 1.807) is 37.1 Å². The second-order valence-electron chi connectivity index (χ2n) is 5.19. The lowest BCUT2D eigenvalue weighted by Gasteiger charge is -2.29. The summed E-state index contributed by atoms with van der Waals surface area (Å²) in [5.41, 5.74) is -0.508. The summed E-state index contributed by atoms with van der Waals surface area (Å²) in [5, 5.41) is 12.4. The van der Waals surface area contributed by atoms with Crippen LogP contribution in [0, 0.1) is 5.82 Å². The standard InChI is InChI=1S/C15H23FN2O2/c1-4-10-17-15(2,14(19)20)9-11-18(3)13-8-6-5-7-12(13)16/h5-8,17H,4,9-11H2,1-3H3,(H,19,20). The molecule has 0 saturated heterocycles. The quantitative estimate of drug-likeness (QED) is 0.769. The van der Waals surface area contributed by atoms with Gasteiger partial charge in [-0.25, -0.2) is 4.39 Å². The predicted octanol–water partition coefficient (Wildman–Crippen LogP) is 2.49. The van der Waals surface area contributed by atoms with E-state index in [2.05, 4.69) is 5.32 Å². The highest BCUT2D eigenvalue weighted by Crippen LogP contribution is 2.19. The number of halogens is 1. The molecule has 0 fully saturated rings. The molecule has 0 radical (unpaired) electrons. The van der Waals surface area contributed by atoms with Crippen molar-refractivity contribution in [2.75, 3.05) is 25.0 Å². The molecule has 0 aromatic heterocycles. The Morgan fingerprint density at radius 1 is 1.45 bits per heavy atom. The Morgan fingerprint density at radius 2 is 2.10 bits per heavy atom. The highest BCUT2D eigenvalue weighted by molar-refractivity contribution is 5.78. The van der Waals surface area contributed by atoms with Gasteiger partial charge in [0, 0.05) is 13.6 Å². The van der Waals surface area contributed by atoms with Gasteiger partial charge in [0.15, 0.2) is 0 Å². The summed E-state index contributed by atoms with van der Waals surface area (Å²) in [6.07, 6.45) is 1.26. The number of benzene rings is 1. The van der Waals surface area contributed by atoms with Crippen LogP contribution in [0.3, 0.4) is 0 Å². The number of hydrogen-bond acceptors (Lipinski definition) is 3. The number of aliphatic carboxylic acids is 1. The van der Waals surface area contributed by atoms with Gasteiger partial charge in [-0.2, -0.15) is 0 Å². The molecule has 1 rings (SSSR count). The first-order chi connectivity index (χ1) is 9.40. The molecule has 0 saturated carbocycles. The van der Waals surface area contributed by atoms with Gasteiger partial charge < -0.3 is 15.3 Å². The zero-order valence-electron chi connectivity index (χ0n) is 12.3. The Bertz CT molecular complexity index is 453. The minimum absolute atomic E-state index is 0.298. The zero-order chi connectivity index (χ0) is 15.2. The van der Waals surface area contributed by atoms with Gasteiger partial charge >= 0.3 is 5.97 Å². The van der Waals surface area contributed by atoms with Gasteiger partial charge in [0.05, 0.1) is 5.69 Å². The second-order valence-corrected chi connectivity index (χ2v) is 5.19. The van der Waals surface area contributed by atoms with Gasteiger partial charge in [-0.15, -0.1) is 0 Å². The van der Waals surface area contributed by atoms with Crippen LogP contribution in [0.1, 0.15) is 26.7 Å². The number of carboxylic acids is 1. The number of nitrogens with one attached hydrogen (secondary N) is 1. The number of rotatable bonds is 8. The van der Waals surface area contributed by atoms with E-state index in [-0.39, 0.29) is 5.82 Å². The van der Waals surface area contributed by atoms with Crippen LogP contribution in [0.4, 0.5) is 10.1 Å². The number of para-hydroxylation sites is 1. The lowest BCUT2D eigenvalue weighted by molar-refractivity contribution is -0.144. The SMILES string of the molecule is CCCNC(C)(CCN(C)c1ccccc1F)C(=O)O. The summed E-state index contributed by atoms with van der Waals surface area (Å²) >= 11 is 0. The highest BCUT2D eigenvalue weighted by atomic mass is 19.1. The second kappa shape index (κ2) is 7.24. The van der Waals surface area contributed by atoms with Crippen LogP contribution in [0.25, 0.3) is 0 Å². The molecule has 0 aliphatic rings. The number of carboxylic acid groups (broad SMARTS) is 1. The van der Waals surface area contributed by atoms with Crippen molar-refractivity contribution in [1.29, 1.82) is 0 Å². The monoisotopic (exact) mass is 282 g/mol. The number of anilines is 1. The molecule has 20 heavy (non-hydrogen) atoms. The molecular weight excluding hydrogens is 259 g/mol. The maximum Gasteiger partial charge on any atom is 0.323 e. The molecule has 4 nitrogen and oxygen atoms in total. The topological polar surface area (TPSA) is 52.6 Å². The van der Waals surface area contributed by atoms with Gasteiger partial charge in [-0.1, -0.05) is 19.1 Å². The van der Waals surface area contributed by atoms with Crippen molar-refractivity contribution in [3.63, 3.8) is 0 Å². The number of hydrogen-bond donors (Lipinski definition) is 2. The van der Waals surface area contributed by atoms with Gasteiger partial charge in [0.25, 0.3) is 0 Å². The van der Waals surface area contributed by atoms with Crippen LogP contribution in [-0.2, 0) is 4.79 Å². The molecule has 0 amide bonds. The van der Waals surface area contributed by atoms with Gasteiger partial charge in [0.2, 0.25) is 0 Å². The van der Waals surface area contributed by atoms with Crippen molar-refractivity contribution in [3.8, 4) is 0 Å². The molecule has 0 bridgehead atoms. The van der Waals surface area contributed by atoms with Crippen molar-refractivity contribution < 1.29 is 14.3 Å². The first-order valence-corrected chi connectivity index (χ1v) is 6.85. The Morgan fingerprint density at radius 3 is 2.65 bits per heavy atom. The Balaban J connectivity index is 2.68. The van der Waals surface area contributed by atoms with E-state index in [0.29, 0.717) is 25.2 Å². The Hall–Kier alpha value is -1.62. The molecule has 1 aromatic rings. The maximum absolute atomic E-state index is 13.6. The maximum atomic E-state index is 13.6. The average molecular weight is 282 g/mol. The number of carbonyl (C=O) groups is 1. The first kappa shape index (κ1) is 16.4. The summed E-state index contributed by atoms with van der Waals surface area (Å²) in [6, 6.07) is 6.49. The molecule has 2 N–H and O–H groups in total.